The Balaban J connectivity index is 1.98. The second-order valence-corrected chi connectivity index (χ2v) is 8.70. The fraction of sp³-hybridized carbons (Fsp3) is 0.350. The molecule has 1 unspecified atom stereocenters. The van der Waals surface area contributed by atoms with Crippen molar-refractivity contribution in [2.24, 2.45) is 0 Å². The Bertz CT molecular complexity index is 798. The largest absolute Gasteiger partial charge is 0.465 e. The van der Waals surface area contributed by atoms with E-state index < -0.39 is 16.7 Å². The average molecular weight is 391 g/mol. The molecule has 27 heavy (non-hydrogen) atoms. The van der Waals surface area contributed by atoms with Crippen molar-refractivity contribution in [3.05, 3.63) is 59.7 Å². The Hall–Kier alpha value is -2.22. The summed E-state index contributed by atoms with van der Waals surface area (Å²) in [6, 6.07) is 15.3. The smallest absolute Gasteiger partial charge is 0.337 e. The molecule has 0 spiro atoms. The van der Waals surface area contributed by atoms with Crippen molar-refractivity contribution in [3.8, 4) is 0 Å². The number of esters is 1. The summed E-state index contributed by atoms with van der Waals surface area (Å²) in [5.74, 6) is 0.0329. The lowest BCUT2D eigenvalue weighted by atomic mass is 9.96. The standard InChI is InChI=1S/C20H26N2O4S/c1-3-21-18-11-17(20(23)26-2)12-19(13-18)22-14-16(9-10-27(22,24)25)15-7-5-4-6-8-15/h4-8,11-13,16,21,24-25H,3,9-10,14H2,1-2H3. The molecule has 2 aromatic rings. The second kappa shape index (κ2) is 8.21. The third-order valence-electron chi connectivity index (χ3n) is 4.76. The Morgan fingerprint density at radius 1 is 1.26 bits per heavy atom. The number of benzene rings is 2. The van der Waals surface area contributed by atoms with Gasteiger partial charge in [0.05, 0.1) is 24.1 Å². The van der Waals surface area contributed by atoms with Crippen LogP contribution >= 0.6 is 10.8 Å². The molecule has 1 heterocycles. The minimum Gasteiger partial charge on any atom is -0.465 e. The van der Waals surface area contributed by atoms with Crippen LogP contribution in [0.4, 0.5) is 11.4 Å². The summed E-state index contributed by atoms with van der Waals surface area (Å²) in [4.78, 5) is 12.1. The molecule has 0 bridgehead atoms. The van der Waals surface area contributed by atoms with Crippen LogP contribution in [-0.4, -0.2) is 41.0 Å². The van der Waals surface area contributed by atoms with Crippen LogP contribution in [0.5, 0.6) is 0 Å². The summed E-state index contributed by atoms with van der Waals surface area (Å²) in [5.41, 5.74) is 2.90. The van der Waals surface area contributed by atoms with E-state index >= 15 is 0 Å². The molecular formula is C20H26N2O4S. The van der Waals surface area contributed by atoms with Gasteiger partial charge in [-0.1, -0.05) is 30.3 Å². The molecule has 3 rings (SSSR count). The summed E-state index contributed by atoms with van der Waals surface area (Å²) in [5, 5.41) is 3.19. The fourth-order valence-corrected chi connectivity index (χ4v) is 5.07. The number of carbonyl (C=O) groups is 1. The van der Waals surface area contributed by atoms with Gasteiger partial charge in [-0.3, -0.25) is 13.4 Å². The van der Waals surface area contributed by atoms with Gasteiger partial charge < -0.3 is 10.1 Å². The zero-order valence-corrected chi connectivity index (χ0v) is 16.4. The van der Waals surface area contributed by atoms with Gasteiger partial charge in [-0.25, -0.2) is 4.79 Å². The maximum absolute atomic E-state index is 12.1. The molecule has 0 aromatic heterocycles. The molecule has 1 fully saturated rings. The van der Waals surface area contributed by atoms with Crippen LogP contribution in [0, 0.1) is 0 Å². The molecule has 0 saturated carbocycles. The van der Waals surface area contributed by atoms with Gasteiger partial charge >= 0.3 is 5.97 Å². The number of carbonyl (C=O) groups excluding carboxylic acids is 1. The number of rotatable bonds is 5. The molecule has 1 aliphatic rings. The molecule has 1 atom stereocenters. The lowest BCUT2D eigenvalue weighted by Crippen LogP contribution is -2.38. The maximum atomic E-state index is 12.1. The van der Waals surface area contributed by atoms with Gasteiger partial charge in [0.2, 0.25) is 0 Å². The number of anilines is 2. The third-order valence-corrected chi connectivity index (χ3v) is 6.61. The Kier molecular flexibility index (Phi) is 5.94. The van der Waals surface area contributed by atoms with Crippen molar-refractivity contribution >= 4 is 28.1 Å². The van der Waals surface area contributed by atoms with Crippen molar-refractivity contribution in [1.82, 2.24) is 0 Å². The van der Waals surface area contributed by atoms with E-state index in [0.29, 0.717) is 36.5 Å². The molecule has 0 radical (unpaired) electrons. The second-order valence-electron chi connectivity index (χ2n) is 6.58. The number of nitrogens with one attached hydrogen (secondary N) is 1. The van der Waals surface area contributed by atoms with Gasteiger partial charge in [0.25, 0.3) is 0 Å². The van der Waals surface area contributed by atoms with E-state index in [1.54, 1.807) is 16.4 Å². The molecule has 146 valence electrons. The van der Waals surface area contributed by atoms with Crippen LogP contribution in [0.2, 0.25) is 0 Å². The minimum absolute atomic E-state index is 0.190. The quantitative estimate of drug-likeness (QED) is 0.649. The first-order valence-corrected chi connectivity index (χ1v) is 10.7. The van der Waals surface area contributed by atoms with Crippen LogP contribution in [0.15, 0.2) is 48.5 Å². The molecule has 0 aliphatic carbocycles. The van der Waals surface area contributed by atoms with E-state index in [2.05, 4.69) is 17.4 Å². The van der Waals surface area contributed by atoms with E-state index in [1.165, 1.54) is 12.7 Å². The number of nitrogens with zero attached hydrogens (tertiary/aromatic N) is 1. The van der Waals surface area contributed by atoms with Gasteiger partial charge in [-0.15, -0.1) is 10.8 Å². The van der Waals surface area contributed by atoms with Gasteiger partial charge in [-0.05, 0) is 37.1 Å². The van der Waals surface area contributed by atoms with E-state index in [1.807, 2.05) is 31.2 Å². The normalized spacial score (nSPS) is 20.0. The predicted molar refractivity (Wildman–Crippen MR) is 111 cm³/mol. The SMILES string of the molecule is CCNc1cc(C(=O)OC)cc(N2CC(c3ccccc3)CCS2(O)O)c1. The van der Waals surface area contributed by atoms with Crippen molar-refractivity contribution < 1.29 is 18.6 Å². The zero-order chi connectivity index (χ0) is 19.4. The van der Waals surface area contributed by atoms with Crippen LogP contribution in [0.3, 0.4) is 0 Å². The topological polar surface area (TPSA) is 82.0 Å². The van der Waals surface area contributed by atoms with Crippen molar-refractivity contribution in [2.45, 2.75) is 19.3 Å². The number of ether oxygens (including phenoxy) is 1. The first-order valence-electron chi connectivity index (χ1n) is 9.00. The first-order chi connectivity index (χ1) is 12.9. The molecule has 7 heteroatoms. The molecule has 0 amide bonds. The number of hydrogen-bond acceptors (Lipinski definition) is 6. The van der Waals surface area contributed by atoms with Crippen molar-refractivity contribution in [3.63, 3.8) is 0 Å². The van der Waals surface area contributed by atoms with Crippen molar-refractivity contribution in [1.29, 1.82) is 0 Å². The highest BCUT2D eigenvalue weighted by Crippen LogP contribution is 2.52. The molecular weight excluding hydrogens is 364 g/mol. The van der Waals surface area contributed by atoms with Gasteiger partial charge in [0.15, 0.2) is 0 Å². The summed E-state index contributed by atoms with van der Waals surface area (Å²) in [7, 11) is -1.61. The highest BCUT2D eigenvalue weighted by Gasteiger charge is 2.33. The predicted octanol–water partition coefficient (Wildman–Crippen LogP) is 4.56. The number of methoxy groups -OCH3 is 1. The summed E-state index contributed by atoms with van der Waals surface area (Å²) in [6.45, 7) is 3.12. The zero-order valence-electron chi connectivity index (χ0n) is 15.6. The highest BCUT2D eigenvalue weighted by molar-refractivity contribution is 8.25. The van der Waals surface area contributed by atoms with Gasteiger partial charge in [0, 0.05) is 24.7 Å². The summed E-state index contributed by atoms with van der Waals surface area (Å²) >= 11 is 0. The highest BCUT2D eigenvalue weighted by atomic mass is 32.3. The van der Waals surface area contributed by atoms with E-state index in [4.69, 9.17) is 4.74 Å². The molecule has 1 aliphatic heterocycles. The van der Waals surface area contributed by atoms with Gasteiger partial charge in [-0.2, -0.15) is 0 Å². The lowest BCUT2D eigenvalue weighted by Gasteiger charge is -2.50. The Labute approximate surface area is 161 Å². The fourth-order valence-electron chi connectivity index (χ4n) is 3.39. The maximum Gasteiger partial charge on any atom is 0.337 e. The van der Waals surface area contributed by atoms with Crippen molar-refractivity contribution in [2.75, 3.05) is 35.6 Å². The lowest BCUT2D eigenvalue weighted by molar-refractivity contribution is 0.0601. The Morgan fingerprint density at radius 2 is 2.00 bits per heavy atom. The third kappa shape index (κ3) is 4.37. The van der Waals surface area contributed by atoms with Crippen LogP contribution in [0.25, 0.3) is 0 Å². The number of hydrogen-bond donors (Lipinski definition) is 3. The van der Waals surface area contributed by atoms with Crippen LogP contribution < -0.4 is 9.62 Å². The molecule has 6 nitrogen and oxygen atoms in total. The monoisotopic (exact) mass is 390 g/mol. The first kappa shape index (κ1) is 19.5. The molecule has 1 saturated heterocycles. The average Bonchev–Trinajstić information content (AvgIpc) is 2.68. The molecule has 3 N–H and O–H groups in total. The van der Waals surface area contributed by atoms with E-state index in [9.17, 15) is 13.9 Å². The summed E-state index contributed by atoms with van der Waals surface area (Å²) in [6.07, 6.45) is 0.708. The minimum atomic E-state index is -2.94. The van der Waals surface area contributed by atoms with E-state index in [-0.39, 0.29) is 5.92 Å². The van der Waals surface area contributed by atoms with E-state index in [0.717, 1.165) is 5.69 Å². The molecule has 2 aromatic carbocycles. The Morgan fingerprint density at radius 3 is 2.67 bits per heavy atom. The van der Waals surface area contributed by atoms with Crippen LogP contribution in [-0.2, 0) is 4.74 Å². The summed E-state index contributed by atoms with van der Waals surface area (Å²) < 4.78 is 27.9. The van der Waals surface area contributed by atoms with Crippen LogP contribution in [0.1, 0.15) is 35.2 Å². The van der Waals surface area contributed by atoms with Gasteiger partial charge in [0.1, 0.15) is 0 Å².